The van der Waals surface area contributed by atoms with Crippen molar-refractivity contribution >= 4 is 33.7 Å². The van der Waals surface area contributed by atoms with E-state index in [4.69, 9.17) is 0 Å². The second-order valence-corrected chi connectivity index (χ2v) is 6.84. The zero-order valence-electron chi connectivity index (χ0n) is 14.0. The Hall–Kier alpha value is -1.95. The fraction of sp³-hybridized carbons (Fsp3) is 0.389. The molecule has 0 aromatic heterocycles. The molecule has 128 valence electrons. The predicted molar refractivity (Wildman–Crippen MR) is 95.8 cm³/mol. The van der Waals surface area contributed by atoms with Gasteiger partial charge in [-0.2, -0.15) is 0 Å². The van der Waals surface area contributed by atoms with Gasteiger partial charge in [0.25, 0.3) is 11.8 Å². The van der Waals surface area contributed by atoms with E-state index in [9.17, 15) is 14.4 Å². The molecular weight excluding hydrogens is 372 g/mol. The molecule has 0 radical (unpaired) electrons. The Labute approximate surface area is 150 Å². The van der Waals surface area contributed by atoms with Crippen molar-refractivity contribution in [2.24, 2.45) is 0 Å². The summed E-state index contributed by atoms with van der Waals surface area (Å²) in [5.74, 6) is -0.567. The first kappa shape index (κ1) is 18.4. The second-order valence-electron chi connectivity index (χ2n) is 5.92. The summed E-state index contributed by atoms with van der Waals surface area (Å²) in [7, 11) is 0. The molecule has 6 heteroatoms. The molecule has 0 unspecified atom stereocenters. The topological polar surface area (TPSA) is 57.7 Å². The normalized spacial score (nSPS) is 13.2. The number of benzene rings is 1. The number of imide groups is 1. The third-order valence-electron chi connectivity index (χ3n) is 3.90. The van der Waals surface area contributed by atoms with E-state index in [1.54, 1.807) is 23.1 Å². The summed E-state index contributed by atoms with van der Waals surface area (Å²) in [6, 6.07) is 5.05. The molecule has 1 heterocycles. The number of amides is 3. The van der Waals surface area contributed by atoms with Gasteiger partial charge >= 0.3 is 0 Å². The summed E-state index contributed by atoms with van der Waals surface area (Å²) < 4.78 is 0.762. The summed E-state index contributed by atoms with van der Waals surface area (Å²) in [5, 5.41) is 0. The quantitative estimate of drug-likeness (QED) is 0.528. The highest BCUT2D eigenvalue weighted by atomic mass is 79.9. The van der Waals surface area contributed by atoms with Gasteiger partial charge in [0.15, 0.2) is 0 Å². The summed E-state index contributed by atoms with van der Waals surface area (Å²) in [6.45, 7) is 9.03. The molecule has 24 heavy (non-hydrogen) atoms. The van der Waals surface area contributed by atoms with E-state index in [-0.39, 0.29) is 24.3 Å². The van der Waals surface area contributed by atoms with Crippen molar-refractivity contribution in [3.63, 3.8) is 0 Å². The van der Waals surface area contributed by atoms with Crippen LogP contribution in [0.25, 0.3) is 0 Å². The summed E-state index contributed by atoms with van der Waals surface area (Å²) in [5.41, 5.74) is 1.77. The Morgan fingerprint density at radius 2 is 1.92 bits per heavy atom. The van der Waals surface area contributed by atoms with Crippen molar-refractivity contribution in [2.45, 2.75) is 26.7 Å². The lowest BCUT2D eigenvalue weighted by Crippen LogP contribution is -2.34. The van der Waals surface area contributed by atoms with E-state index in [1.165, 1.54) is 4.90 Å². The fourth-order valence-corrected chi connectivity index (χ4v) is 3.08. The number of hydrogen-bond donors (Lipinski definition) is 0. The van der Waals surface area contributed by atoms with Crippen molar-refractivity contribution < 1.29 is 14.4 Å². The van der Waals surface area contributed by atoms with E-state index in [2.05, 4.69) is 22.5 Å². The molecule has 5 nitrogen and oxygen atoms in total. The van der Waals surface area contributed by atoms with Crippen LogP contribution in [0.15, 0.2) is 34.8 Å². The minimum Gasteiger partial charge on any atom is -0.339 e. The monoisotopic (exact) mass is 392 g/mol. The van der Waals surface area contributed by atoms with E-state index < -0.39 is 0 Å². The maximum absolute atomic E-state index is 12.3. The number of carbonyl (C=O) groups is 3. The molecule has 0 N–H and O–H groups in total. The number of likely N-dealkylation sites (N-methyl/N-ethyl adjacent to an activating group) is 1. The van der Waals surface area contributed by atoms with Crippen molar-refractivity contribution in [1.29, 1.82) is 0 Å². The van der Waals surface area contributed by atoms with Crippen molar-refractivity contribution in [2.75, 3.05) is 19.6 Å². The first-order valence-corrected chi connectivity index (χ1v) is 8.72. The van der Waals surface area contributed by atoms with Crippen LogP contribution in [0.4, 0.5) is 0 Å². The van der Waals surface area contributed by atoms with Gasteiger partial charge in [-0.1, -0.05) is 28.1 Å². The van der Waals surface area contributed by atoms with Gasteiger partial charge in [-0.15, -0.1) is 0 Å². The smallest absolute Gasteiger partial charge is 0.261 e. The summed E-state index contributed by atoms with van der Waals surface area (Å²) in [6.07, 6.45) is 0.760. The highest BCUT2D eigenvalue weighted by molar-refractivity contribution is 9.10. The molecule has 1 aromatic carbocycles. The number of nitrogens with zero attached hydrogens (tertiary/aromatic N) is 2. The molecule has 0 aliphatic carbocycles. The second kappa shape index (κ2) is 7.75. The number of carbonyl (C=O) groups excluding carboxylic acids is 3. The minimum absolute atomic E-state index is 0.0138. The number of halogens is 1. The van der Waals surface area contributed by atoms with Crippen molar-refractivity contribution in [3.05, 3.63) is 46.0 Å². The van der Waals surface area contributed by atoms with Crippen LogP contribution in [0, 0.1) is 0 Å². The van der Waals surface area contributed by atoms with Gasteiger partial charge in [0, 0.05) is 30.5 Å². The lowest BCUT2D eigenvalue weighted by Gasteiger charge is -2.21. The summed E-state index contributed by atoms with van der Waals surface area (Å²) in [4.78, 5) is 39.8. The van der Waals surface area contributed by atoms with Gasteiger partial charge in [-0.25, -0.2) is 0 Å². The first-order valence-electron chi connectivity index (χ1n) is 7.93. The van der Waals surface area contributed by atoms with E-state index in [0.717, 1.165) is 10.0 Å². The molecule has 0 spiro atoms. The van der Waals surface area contributed by atoms with E-state index >= 15 is 0 Å². The highest BCUT2D eigenvalue weighted by Gasteiger charge is 2.35. The Balaban J connectivity index is 1.94. The third kappa shape index (κ3) is 3.93. The van der Waals surface area contributed by atoms with Crippen molar-refractivity contribution in [1.82, 2.24) is 9.80 Å². The first-order chi connectivity index (χ1) is 11.3. The van der Waals surface area contributed by atoms with Crippen LogP contribution >= 0.6 is 15.9 Å². The van der Waals surface area contributed by atoms with Gasteiger partial charge in [0.1, 0.15) is 0 Å². The number of hydrogen-bond acceptors (Lipinski definition) is 3. The van der Waals surface area contributed by atoms with Gasteiger partial charge < -0.3 is 4.90 Å². The molecule has 1 aliphatic rings. The summed E-state index contributed by atoms with van der Waals surface area (Å²) >= 11 is 3.31. The molecule has 0 saturated heterocycles. The molecular formula is C18H21BrN2O3. The number of fused-ring (bicyclic) bond motifs is 1. The highest BCUT2D eigenvalue weighted by Crippen LogP contribution is 2.26. The van der Waals surface area contributed by atoms with Gasteiger partial charge in [-0.3, -0.25) is 19.3 Å². The van der Waals surface area contributed by atoms with Crippen molar-refractivity contribution in [3.8, 4) is 0 Å². The Bertz CT molecular complexity index is 700. The van der Waals surface area contributed by atoms with Crippen LogP contribution in [-0.4, -0.2) is 47.2 Å². The molecule has 1 aliphatic heterocycles. The van der Waals surface area contributed by atoms with Crippen LogP contribution in [0.2, 0.25) is 0 Å². The Morgan fingerprint density at radius 3 is 2.54 bits per heavy atom. The zero-order chi connectivity index (χ0) is 17.9. The van der Waals surface area contributed by atoms with Gasteiger partial charge in [-0.05, 0) is 38.5 Å². The lowest BCUT2D eigenvalue weighted by atomic mass is 10.1. The molecule has 0 atom stereocenters. The maximum Gasteiger partial charge on any atom is 0.261 e. The number of rotatable bonds is 7. The molecule has 1 aromatic rings. The zero-order valence-corrected chi connectivity index (χ0v) is 15.6. The molecule has 0 bridgehead atoms. The third-order valence-corrected chi connectivity index (χ3v) is 4.39. The van der Waals surface area contributed by atoms with Crippen LogP contribution < -0.4 is 0 Å². The molecule has 2 rings (SSSR count). The SMILES string of the molecule is C=C(C)CN(CC)C(=O)CCCN1C(=O)c2ccc(Br)cc2C1=O. The van der Waals surface area contributed by atoms with Gasteiger partial charge in [0.2, 0.25) is 5.91 Å². The van der Waals surface area contributed by atoms with Crippen LogP contribution in [0.5, 0.6) is 0 Å². The van der Waals surface area contributed by atoms with E-state index in [1.807, 2.05) is 13.8 Å². The molecule has 0 fully saturated rings. The average molecular weight is 393 g/mol. The van der Waals surface area contributed by atoms with Gasteiger partial charge in [0.05, 0.1) is 11.1 Å². The minimum atomic E-state index is -0.293. The molecule has 3 amide bonds. The van der Waals surface area contributed by atoms with Crippen LogP contribution in [0.3, 0.4) is 0 Å². The van der Waals surface area contributed by atoms with Crippen LogP contribution in [-0.2, 0) is 4.79 Å². The Morgan fingerprint density at radius 1 is 1.25 bits per heavy atom. The molecule has 0 saturated carbocycles. The Kier molecular flexibility index (Phi) is 5.94. The fourth-order valence-electron chi connectivity index (χ4n) is 2.71. The lowest BCUT2D eigenvalue weighted by molar-refractivity contribution is -0.130. The standard InChI is InChI=1S/C18H21BrN2O3/c1-4-20(11-12(2)3)16(22)6-5-9-21-17(23)14-8-7-13(19)10-15(14)18(21)24/h7-8,10H,2,4-6,9,11H2,1,3H3. The average Bonchev–Trinajstić information content (AvgIpc) is 2.76. The van der Waals surface area contributed by atoms with Crippen LogP contribution in [0.1, 0.15) is 47.4 Å². The maximum atomic E-state index is 12.3. The van der Waals surface area contributed by atoms with E-state index in [0.29, 0.717) is 37.1 Å². The largest absolute Gasteiger partial charge is 0.339 e. The predicted octanol–water partition coefficient (Wildman–Crippen LogP) is 3.25.